The van der Waals surface area contributed by atoms with Crippen LogP contribution in [0.25, 0.3) is 0 Å². The van der Waals surface area contributed by atoms with Crippen molar-refractivity contribution in [2.45, 2.75) is 32.5 Å². The summed E-state index contributed by atoms with van der Waals surface area (Å²) in [6.45, 7) is 2.74. The quantitative estimate of drug-likeness (QED) is 0.550. The minimum Gasteiger partial charge on any atom is -0.493 e. The maximum Gasteiger partial charge on any atom is 0.227 e. The molecule has 3 aromatic rings. The van der Waals surface area contributed by atoms with Crippen LogP contribution in [0.4, 0.5) is 5.69 Å². The predicted octanol–water partition coefficient (Wildman–Crippen LogP) is 4.69. The summed E-state index contributed by atoms with van der Waals surface area (Å²) in [4.78, 5) is 13.9. The van der Waals surface area contributed by atoms with Gasteiger partial charge in [-0.05, 0) is 47.4 Å². The summed E-state index contributed by atoms with van der Waals surface area (Å²) in [5, 5.41) is 3.49. The zero-order valence-corrected chi connectivity index (χ0v) is 17.8. The molecule has 0 bridgehead atoms. The molecule has 1 fully saturated rings. The first-order chi connectivity index (χ1) is 15.2. The summed E-state index contributed by atoms with van der Waals surface area (Å²) in [6, 6.07) is 24.3. The molecule has 0 saturated carbocycles. The number of carbonyl (C=O) groups is 1. The van der Waals surface area contributed by atoms with Crippen molar-refractivity contribution in [1.29, 1.82) is 0 Å². The molecule has 31 heavy (non-hydrogen) atoms. The Bertz CT molecular complexity index is 1020. The predicted molar refractivity (Wildman–Crippen MR) is 122 cm³/mol. The van der Waals surface area contributed by atoms with Gasteiger partial charge in [0.1, 0.15) is 6.61 Å². The van der Waals surface area contributed by atoms with Crippen molar-refractivity contribution in [3.05, 3.63) is 89.5 Å². The Kier molecular flexibility index (Phi) is 6.85. The van der Waals surface area contributed by atoms with Gasteiger partial charge in [0.05, 0.1) is 7.11 Å². The molecule has 0 aliphatic carbocycles. The number of anilines is 1. The minimum atomic E-state index is 0.214. The van der Waals surface area contributed by atoms with Crippen LogP contribution in [0.1, 0.15) is 29.5 Å². The Morgan fingerprint density at radius 3 is 2.39 bits per heavy atom. The van der Waals surface area contributed by atoms with E-state index in [1.807, 2.05) is 65.6 Å². The number of methoxy groups -OCH3 is 1. The topological polar surface area (TPSA) is 50.8 Å². The second-order valence-electron chi connectivity index (χ2n) is 7.68. The van der Waals surface area contributed by atoms with Crippen molar-refractivity contribution in [3.8, 4) is 11.5 Å². The lowest BCUT2D eigenvalue weighted by molar-refractivity contribution is -0.117. The summed E-state index contributed by atoms with van der Waals surface area (Å²) >= 11 is 0. The van der Waals surface area contributed by atoms with Crippen LogP contribution in [0, 0.1) is 0 Å². The van der Waals surface area contributed by atoms with E-state index in [9.17, 15) is 4.79 Å². The van der Waals surface area contributed by atoms with Gasteiger partial charge < -0.3 is 19.7 Å². The second-order valence-corrected chi connectivity index (χ2v) is 7.68. The van der Waals surface area contributed by atoms with Crippen molar-refractivity contribution in [2.75, 3.05) is 18.6 Å². The number of hydrogen-bond acceptors (Lipinski definition) is 4. The van der Waals surface area contributed by atoms with Crippen LogP contribution in [0.5, 0.6) is 11.5 Å². The standard InChI is InChI=1S/C26H28N2O3/c1-30-24-13-12-22(16-25(24)31-19-20-7-3-2-4-8-20)18-27-17-21-9-5-10-23(15-21)28-14-6-11-26(28)29/h2-5,7-10,12-13,15-16,27H,6,11,14,17-19H2,1H3. The van der Waals surface area contributed by atoms with Gasteiger partial charge in [0.15, 0.2) is 11.5 Å². The van der Waals surface area contributed by atoms with E-state index in [4.69, 9.17) is 9.47 Å². The average molecular weight is 417 g/mol. The number of hydrogen-bond donors (Lipinski definition) is 1. The van der Waals surface area contributed by atoms with E-state index >= 15 is 0 Å². The lowest BCUT2D eigenvalue weighted by atomic mass is 10.1. The highest BCUT2D eigenvalue weighted by Gasteiger charge is 2.21. The molecule has 1 N–H and O–H groups in total. The van der Waals surface area contributed by atoms with Crippen LogP contribution in [0.3, 0.4) is 0 Å². The molecule has 0 unspecified atom stereocenters. The van der Waals surface area contributed by atoms with Gasteiger partial charge in [-0.3, -0.25) is 4.79 Å². The van der Waals surface area contributed by atoms with Crippen LogP contribution in [-0.2, 0) is 24.5 Å². The van der Waals surface area contributed by atoms with Crippen LogP contribution in [0.15, 0.2) is 72.8 Å². The average Bonchev–Trinajstić information content (AvgIpc) is 3.24. The number of benzene rings is 3. The molecule has 5 nitrogen and oxygen atoms in total. The Morgan fingerprint density at radius 1 is 0.871 bits per heavy atom. The zero-order valence-electron chi connectivity index (χ0n) is 17.8. The molecule has 5 heteroatoms. The molecule has 1 saturated heterocycles. The molecule has 1 aliphatic heterocycles. The van der Waals surface area contributed by atoms with Crippen LogP contribution < -0.4 is 19.7 Å². The SMILES string of the molecule is COc1ccc(CNCc2cccc(N3CCCC3=O)c2)cc1OCc1ccccc1. The molecule has 4 rings (SSSR count). The second kappa shape index (κ2) is 10.1. The number of ether oxygens (including phenoxy) is 2. The fraction of sp³-hybridized carbons (Fsp3) is 0.269. The molecule has 1 aliphatic rings. The first-order valence-corrected chi connectivity index (χ1v) is 10.7. The fourth-order valence-corrected chi connectivity index (χ4v) is 3.79. The summed E-state index contributed by atoms with van der Waals surface area (Å²) in [5.41, 5.74) is 4.38. The van der Waals surface area contributed by atoms with Crippen LogP contribution in [-0.4, -0.2) is 19.6 Å². The van der Waals surface area contributed by atoms with Gasteiger partial charge in [-0.15, -0.1) is 0 Å². The molecule has 1 heterocycles. The van der Waals surface area contributed by atoms with Crippen molar-refractivity contribution in [2.24, 2.45) is 0 Å². The van der Waals surface area contributed by atoms with Crippen molar-refractivity contribution in [1.82, 2.24) is 5.32 Å². The van der Waals surface area contributed by atoms with Gasteiger partial charge in [-0.25, -0.2) is 0 Å². The molecule has 3 aromatic carbocycles. The summed E-state index contributed by atoms with van der Waals surface area (Å²) in [5.74, 6) is 1.68. The van der Waals surface area contributed by atoms with Crippen LogP contribution in [0.2, 0.25) is 0 Å². The summed E-state index contributed by atoms with van der Waals surface area (Å²) in [6.07, 6.45) is 1.59. The molecule has 0 radical (unpaired) electrons. The highest BCUT2D eigenvalue weighted by Crippen LogP contribution is 2.29. The van der Waals surface area contributed by atoms with Gasteiger partial charge in [0.2, 0.25) is 5.91 Å². The van der Waals surface area contributed by atoms with Gasteiger partial charge in [-0.2, -0.15) is 0 Å². The molecule has 0 spiro atoms. The zero-order chi connectivity index (χ0) is 21.5. The highest BCUT2D eigenvalue weighted by atomic mass is 16.5. The van der Waals surface area contributed by atoms with Gasteiger partial charge in [0, 0.05) is 31.7 Å². The fourth-order valence-electron chi connectivity index (χ4n) is 3.79. The van der Waals surface area contributed by atoms with E-state index in [0.717, 1.165) is 53.4 Å². The molecule has 0 aromatic heterocycles. The van der Waals surface area contributed by atoms with Crippen molar-refractivity contribution >= 4 is 11.6 Å². The van der Waals surface area contributed by atoms with Crippen molar-refractivity contribution < 1.29 is 14.3 Å². The molecule has 160 valence electrons. The molecule has 0 atom stereocenters. The third-order valence-electron chi connectivity index (χ3n) is 5.42. The van der Waals surface area contributed by atoms with Gasteiger partial charge >= 0.3 is 0 Å². The maximum absolute atomic E-state index is 12.0. The molecular formula is C26H28N2O3. The smallest absolute Gasteiger partial charge is 0.227 e. The molecule has 1 amide bonds. The van der Waals surface area contributed by atoms with E-state index in [-0.39, 0.29) is 5.91 Å². The van der Waals surface area contributed by atoms with E-state index < -0.39 is 0 Å². The Balaban J connectivity index is 1.36. The minimum absolute atomic E-state index is 0.214. The monoisotopic (exact) mass is 416 g/mol. The highest BCUT2D eigenvalue weighted by molar-refractivity contribution is 5.95. The van der Waals surface area contributed by atoms with Gasteiger partial charge in [0.25, 0.3) is 0 Å². The first kappa shape index (κ1) is 20.9. The van der Waals surface area contributed by atoms with E-state index in [0.29, 0.717) is 19.6 Å². The Hall–Kier alpha value is -3.31. The van der Waals surface area contributed by atoms with Gasteiger partial charge in [-0.1, -0.05) is 48.5 Å². The Labute approximate surface area is 183 Å². The number of amides is 1. The summed E-state index contributed by atoms with van der Waals surface area (Å²) in [7, 11) is 1.65. The molecular weight excluding hydrogens is 388 g/mol. The number of nitrogens with one attached hydrogen (secondary N) is 1. The van der Waals surface area contributed by atoms with E-state index in [2.05, 4.69) is 17.4 Å². The van der Waals surface area contributed by atoms with Crippen molar-refractivity contribution in [3.63, 3.8) is 0 Å². The van der Waals surface area contributed by atoms with E-state index in [1.54, 1.807) is 7.11 Å². The summed E-state index contributed by atoms with van der Waals surface area (Å²) < 4.78 is 11.5. The lowest BCUT2D eigenvalue weighted by Gasteiger charge is -2.17. The third-order valence-corrected chi connectivity index (χ3v) is 5.42. The lowest BCUT2D eigenvalue weighted by Crippen LogP contribution is -2.23. The number of nitrogens with zero attached hydrogens (tertiary/aromatic N) is 1. The normalized spacial score (nSPS) is 13.5. The first-order valence-electron chi connectivity index (χ1n) is 10.7. The van der Waals surface area contributed by atoms with Crippen LogP contribution >= 0.6 is 0 Å². The largest absolute Gasteiger partial charge is 0.493 e. The third kappa shape index (κ3) is 5.44. The Morgan fingerprint density at radius 2 is 1.65 bits per heavy atom. The van der Waals surface area contributed by atoms with E-state index in [1.165, 1.54) is 0 Å². The maximum atomic E-state index is 12.0. The number of carbonyl (C=O) groups excluding carboxylic acids is 1. The number of rotatable bonds is 9.